The minimum atomic E-state index is 0.816. The quantitative estimate of drug-likeness (QED) is 0.842. The number of pyridine rings is 1. The van der Waals surface area contributed by atoms with Gasteiger partial charge in [-0.25, -0.2) is 0 Å². The second-order valence-corrected chi connectivity index (χ2v) is 3.91. The summed E-state index contributed by atoms with van der Waals surface area (Å²) in [5.74, 6) is 0. The molecule has 1 aromatic heterocycles. The van der Waals surface area contributed by atoms with Crippen LogP contribution in [0.15, 0.2) is 48.7 Å². The van der Waals surface area contributed by atoms with Crippen LogP contribution in [0.1, 0.15) is 16.8 Å². The number of hydrogen-bond donors (Lipinski definition) is 1. The molecule has 0 aliphatic heterocycles. The van der Waals surface area contributed by atoms with Gasteiger partial charge in [-0.05, 0) is 30.2 Å². The standard InChI is InChI=1S/C14H16N2/c1-12-7-8-16-14(9-12)11-15-10-13-5-3-2-4-6-13/h2-9,15H,10-11H2,1H3. The third-order valence-electron chi connectivity index (χ3n) is 2.45. The van der Waals surface area contributed by atoms with Gasteiger partial charge in [-0.2, -0.15) is 0 Å². The zero-order chi connectivity index (χ0) is 11.2. The highest BCUT2D eigenvalue weighted by molar-refractivity contribution is 5.16. The molecule has 0 bridgehead atoms. The fraction of sp³-hybridized carbons (Fsp3) is 0.214. The minimum Gasteiger partial charge on any atom is -0.307 e. The number of benzene rings is 1. The summed E-state index contributed by atoms with van der Waals surface area (Å²) in [6, 6.07) is 14.5. The Balaban J connectivity index is 1.85. The molecule has 1 N–H and O–H groups in total. The van der Waals surface area contributed by atoms with E-state index in [1.165, 1.54) is 11.1 Å². The van der Waals surface area contributed by atoms with Gasteiger partial charge in [0.25, 0.3) is 0 Å². The van der Waals surface area contributed by atoms with E-state index in [-0.39, 0.29) is 0 Å². The van der Waals surface area contributed by atoms with Crippen molar-refractivity contribution in [1.29, 1.82) is 0 Å². The van der Waals surface area contributed by atoms with Gasteiger partial charge < -0.3 is 5.32 Å². The van der Waals surface area contributed by atoms with E-state index >= 15 is 0 Å². The van der Waals surface area contributed by atoms with Crippen LogP contribution in [0.5, 0.6) is 0 Å². The summed E-state index contributed by atoms with van der Waals surface area (Å²) in [6.07, 6.45) is 1.86. The Morgan fingerprint density at radius 1 is 1.06 bits per heavy atom. The predicted octanol–water partition coefficient (Wildman–Crippen LogP) is 2.68. The molecule has 0 aliphatic carbocycles. The molecule has 0 atom stereocenters. The number of aromatic nitrogens is 1. The monoisotopic (exact) mass is 212 g/mol. The average molecular weight is 212 g/mol. The van der Waals surface area contributed by atoms with E-state index in [0.29, 0.717) is 0 Å². The fourth-order valence-corrected chi connectivity index (χ4v) is 1.63. The molecule has 0 amide bonds. The molecular weight excluding hydrogens is 196 g/mol. The van der Waals surface area contributed by atoms with Gasteiger partial charge in [-0.1, -0.05) is 30.3 Å². The number of aryl methyl sites for hydroxylation is 1. The van der Waals surface area contributed by atoms with Crippen LogP contribution in [0, 0.1) is 6.92 Å². The van der Waals surface area contributed by atoms with Crippen molar-refractivity contribution in [2.45, 2.75) is 20.0 Å². The van der Waals surface area contributed by atoms with Gasteiger partial charge in [-0.15, -0.1) is 0 Å². The van der Waals surface area contributed by atoms with Crippen molar-refractivity contribution in [3.8, 4) is 0 Å². The van der Waals surface area contributed by atoms with Crippen LogP contribution < -0.4 is 5.32 Å². The molecule has 0 spiro atoms. The molecule has 2 nitrogen and oxygen atoms in total. The van der Waals surface area contributed by atoms with Gasteiger partial charge in [0, 0.05) is 19.3 Å². The lowest BCUT2D eigenvalue weighted by Gasteiger charge is -2.04. The zero-order valence-corrected chi connectivity index (χ0v) is 9.48. The highest BCUT2D eigenvalue weighted by Crippen LogP contribution is 2.01. The Morgan fingerprint density at radius 2 is 1.88 bits per heavy atom. The summed E-state index contributed by atoms with van der Waals surface area (Å²) in [5.41, 5.74) is 3.65. The maximum absolute atomic E-state index is 4.31. The van der Waals surface area contributed by atoms with Crippen molar-refractivity contribution in [2.24, 2.45) is 0 Å². The van der Waals surface area contributed by atoms with E-state index in [4.69, 9.17) is 0 Å². The molecule has 0 saturated carbocycles. The number of nitrogens with zero attached hydrogens (tertiary/aromatic N) is 1. The van der Waals surface area contributed by atoms with E-state index in [2.05, 4.69) is 47.6 Å². The normalized spacial score (nSPS) is 10.3. The first kappa shape index (κ1) is 10.8. The summed E-state index contributed by atoms with van der Waals surface area (Å²) in [5, 5.41) is 3.38. The molecular formula is C14H16N2. The first-order valence-corrected chi connectivity index (χ1v) is 5.51. The first-order chi connectivity index (χ1) is 7.84. The average Bonchev–Trinajstić information content (AvgIpc) is 2.30. The molecule has 0 saturated heterocycles. The summed E-state index contributed by atoms with van der Waals surface area (Å²) in [7, 11) is 0. The van der Waals surface area contributed by atoms with Crippen LogP contribution in [-0.2, 0) is 13.1 Å². The molecule has 0 fully saturated rings. The summed E-state index contributed by atoms with van der Waals surface area (Å²) < 4.78 is 0. The molecule has 0 unspecified atom stereocenters. The first-order valence-electron chi connectivity index (χ1n) is 5.51. The molecule has 0 aliphatic rings. The fourth-order valence-electron chi connectivity index (χ4n) is 1.63. The molecule has 2 heteroatoms. The maximum atomic E-state index is 4.31. The van der Waals surface area contributed by atoms with E-state index in [9.17, 15) is 0 Å². The Kier molecular flexibility index (Phi) is 3.67. The number of rotatable bonds is 4. The lowest BCUT2D eigenvalue weighted by atomic mass is 10.2. The molecule has 2 aromatic rings. The van der Waals surface area contributed by atoms with Crippen molar-refractivity contribution >= 4 is 0 Å². The molecule has 0 radical (unpaired) electrons. The summed E-state index contributed by atoms with van der Waals surface area (Å²) in [6.45, 7) is 3.79. The van der Waals surface area contributed by atoms with Gasteiger partial charge in [0.1, 0.15) is 0 Å². The maximum Gasteiger partial charge on any atom is 0.0544 e. The highest BCUT2D eigenvalue weighted by atomic mass is 14.9. The van der Waals surface area contributed by atoms with Crippen LogP contribution in [0.25, 0.3) is 0 Å². The van der Waals surface area contributed by atoms with Crippen LogP contribution in [0.4, 0.5) is 0 Å². The van der Waals surface area contributed by atoms with Gasteiger partial charge in [0.15, 0.2) is 0 Å². The Labute approximate surface area is 96.4 Å². The highest BCUT2D eigenvalue weighted by Gasteiger charge is 1.95. The minimum absolute atomic E-state index is 0.816. The molecule has 16 heavy (non-hydrogen) atoms. The van der Waals surface area contributed by atoms with E-state index < -0.39 is 0 Å². The second kappa shape index (κ2) is 5.42. The van der Waals surface area contributed by atoms with Gasteiger partial charge in [-0.3, -0.25) is 4.98 Å². The largest absolute Gasteiger partial charge is 0.307 e. The van der Waals surface area contributed by atoms with Crippen molar-refractivity contribution < 1.29 is 0 Å². The smallest absolute Gasteiger partial charge is 0.0544 e. The van der Waals surface area contributed by atoms with Gasteiger partial charge in [0.05, 0.1) is 5.69 Å². The Bertz CT molecular complexity index is 437. The molecule has 2 rings (SSSR count). The number of hydrogen-bond acceptors (Lipinski definition) is 2. The summed E-state index contributed by atoms with van der Waals surface area (Å²) >= 11 is 0. The van der Waals surface area contributed by atoms with Gasteiger partial charge in [0.2, 0.25) is 0 Å². The Hall–Kier alpha value is -1.67. The SMILES string of the molecule is Cc1ccnc(CNCc2ccccc2)c1. The zero-order valence-electron chi connectivity index (χ0n) is 9.48. The van der Waals surface area contributed by atoms with Crippen LogP contribution in [-0.4, -0.2) is 4.98 Å². The van der Waals surface area contributed by atoms with Crippen LogP contribution >= 0.6 is 0 Å². The lowest BCUT2D eigenvalue weighted by molar-refractivity contribution is 0.679. The third-order valence-corrected chi connectivity index (χ3v) is 2.45. The molecule has 1 aromatic carbocycles. The third kappa shape index (κ3) is 3.17. The topological polar surface area (TPSA) is 24.9 Å². The second-order valence-electron chi connectivity index (χ2n) is 3.91. The van der Waals surface area contributed by atoms with E-state index in [1.54, 1.807) is 0 Å². The van der Waals surface area contributed by atoms with E-state index in [0.717, 1.165) is 18.8 Å². The van der Waals surface area contributed by atoms with Crippen molar-refractivity contribution in [3.63, 3.8) is 0 Å². The van der Waals surface area contributed by atoms with Crippen LogP contribution in [0.2, 0.25) is 0 Å². The van der Waals surface area contributed by atoms with Crippen LogP contribution in [0.3, 0.4) is 0 Å². The van der Waals surface area contributed by atoms with Crippen molar-refractivity contribution in [3.05, 3.63) is 65.5 Å². The van der Waals surface area contributed by atoms with Crippen molar-refractivity contribution in [1.82, 2.24) is 10.3 Å². The lowest BCUT2D eigenvalue weighted by Crippen LogP contribution is -2.13. The number of nitrogens with one attached hydrogen (secondary N) is 1. The van der Waals surface area contributed by atoms with Crippen molar-refractivity contribution in [2.75, 3.05) is 0 Å². The molecule has 1 heterocycles. The predicted molar refractivity (Wildman–Crippen MR) is 66.0 cm³/mol. The Morgan fingerprint density at radius 3 is 2.62 bits per heavy atom. The van der Waals surface area contributed by atoms with Gasteiger partial charge >= 0.3 is 0 Å². The molecule has 82 valence electrons. The van der Waals surface area contributed by atoms with E-state index in [1.807, 2.05) is 18.3 Å². The summed E-state index contributed by atoms with van der Waals surface area (Å²) in [4.78, 5) is 4.31.